The summed E-state index contributed by atoms with van der Waals surface area (Å²) in [4.78, 5) is 12.0. The lowest BCUT2D eigenvalue weighted by molar-refractivity contribution is -0.117. The van der Waals surface area contributed by atoms with Crippen LogP contribution in [0.25, 0.3) is 0 Å². The lowest BCUT2D eigenvalue weighted by atomic mass is 10.2. The summed E-state index contributed by atoms with van der Waals surface area (Å²) in [6.45, 7) is 0.252. The van der Waals surface area contributed by atoms with Gasteiger partial charge < -0.3 is 15.8 Å². The lowest BCUT2D eigenvalue weighted by Gasteiger charge is -2.13. The first kappa shape index (κ1) is 18.3. The molecule has 0 aromatic heterocycles. The van der Waals surface area contributed by atoms with Gasteiger partial charge in [0.15, 0.2) is 0 Å². The van der Waals surface area contributed by atoms with E-state index in [-0.39, 0.29) is 18.3 Å². The van der Waals surface area contributed by atoms with E-state index in [4.69, 9.17) is 10.5 Å². The van der Waals surface area contributed by atoms with Crippen LogP contribution >= 0.6 is 11.8 Å². The predicted molar refractivity (Wildman–Crippen MR) is 96.8 cm³/mol. The van der Waals surface area contributed by atoms with Crippen LogP contribution < -0.4 is 15.8 Å². The summed E-state index contributed by atoms with van der Waals surface area (Å²) < 4.78 is 18.8. The predicted octanol–water partition coefficient (Wildman–Crippen LogP) is 3.42. The Morgan fingerprint density at radius 3 is 2.83 bits per heavy atom. The highest BCUT2D eigenvalue weighted by atomic mass is 32.2. The van der Waals surface area contributed by atoms with Gasteiger partial charge in [0.25, 0.3) is 0 Å². The summed E-state index contributed by atoms with van der Waals surface area (Å²) in [5.74, 6) is 0.920. The van der Waals surface area contributed by atoms with E-state index in [1.165, 1.54) is 12.1 Å². The number of halogens is 1. The van der Waals surface area contributed by atoms with Crippen molar-refractivity contribution in [1.29, 1.82) is 0 Å². The molecule has 4 nitrogen and oxygen atoms in total. The third-order valence-corrected chi connectivity index (χ3v) is 4.01. The van der Waals surface area contributed by atoms with E-state index in [9.17, 15) is 9.18 Å². The van der Waals surface area contributed by atoms with E-state index in [2.05, 4.69) is 5.32 Å². The van der Waals surface area contributed by atoms with Gasteiger partial charge in [0.2, 0.25) is 5.91 Å². The van der Waals surface area contributed by atoms with Crippen LogP contribution in [0.3, 0.4) is 0 Å². The zero-order valence-corrected chi connectivity index (χ0v) is 14.3. The maximum absolute atomic E-state index is 13.1. The van der Waals surface area contributed by atoms with Crippen LogP contribution in [0.5, 0.6) is 5.75 Å². The molecule has 0 saturated carbocycles. The number of hydrogen-bond donors (Lipinski definition) is 2. The number of anilines is 1. The van der Waals surface area contributed by atoms with E-state index in [0.29, 0.717) is 17.9 Å². The molecule has 2 aromatic rings. The Morgan fingerprint density at radius 2 is 2.08 bits per heavy atom. The Bertz CT molecular complexity index is 682. The quantitative estimate of drug-likeness (QED) is 0.767. The number of carbonyl (C=O) groups is 1. The highest BCUT2D eigenvalue weighted by molar-refractivity contribution is 7.98. The molecule has 0 unspecified atom stereocenters. The van der Waals surface area contributed by atoms with Gasteiger partial charge in [-0.15, -0.1) is 0 Å². The van der Waals surface area contributed by atoms with Crippen molar-refractivity contribution in [1.82, 2.24) is 0 Å². The number of amides is 1. The summed E-state index contributed by atoms with van der Waals surface area (Å²) in [5.41, 5.74) is 7.21. The molecule has 0 heterocycles. The van der Waals surface area contributed by atoms with Gasteiger partial charge >= 0.3 is 0 Å². The number of thioether (sulfide) groups is 1. The second-order valence-corrected chi connectivity index (χ2v) is 6.31. The van der Waals surface area contributed by atoms with Crippen LogP contribution in [0.1, 0.15) is 12.0 Å². The fourth-order valence-electron chi connectivity index (χ4n) is 2.07. The third-order valence-electron chi connectivity index (χ3n) is 3.37. The van der Waals surface area contributed by atoms with Gasteiger partial charge in [0.05, 0.1) is 6.04 Å². The zero-order chi connectivity index (χ0) is 17.4. The van der Waals surface area contributed by atoms with Crippen molar-refractivity contribution in [3.8, 4) is 5.75 Å². The Balaban J connectivity index is 1.92. The molecule has 2 rings (SSSR count). The Hall–Kier alpha value is -2.05. The van der Waals surface area contributed by atoms with E-state index in [0.717, 1.165) is 11.3 Å². The Labute approximate surface area is 145 Å². The third kappa shape index (κ3) is 5.86. The summed E-state index contributed by atoms with van der Waals surface area (Å²) in [6.07, 6.45) is 2.60. The SMILES string of the molecule is CSCC[C@H](N)C(=O)Nc1cccc(OCc2cccc(F)c2)c1. The molecule has 0 radical (unpaired) electrons. The van der Waals surface area contributed by atoms with Crippen LogP contribution in [-0.4, -0.2) is 24.0 Å². The monoisotopic (exact) mass is 348 g/mol. The topological polar surface area (TPSA) is 64.4 Å². The van der Waals surface area contributed by atoms with Crippen LogP contribution in [0.15, 0.2) is 48.5 Å². The van der Waals surface area contributed by atoms with Crippen molar-refractivity contribution in [2.45, 2.75) is 19.1 Å². The molecule has 0 bridgehead atoms. The molecular weight excluding hydrogens is 327 g/mol. The van der Waals surface area contributed by atoms with Crippen molar-refractivity contribution in [3.63, 3.8) is 0 Å². The summed E-state index contributed by atoms with van der Waals surface area (Å²) in [7, 11) is 0. The van der Waals surface area contributed by atoms with Crippen molar-refractivity contribution in [3.05, 3.63) is 59.9 Å². The molecule has 0 aliphatic carbocycles. The first-order valence-corrected chi connectivity index (χ1v) is 9.00. The largest absolute Gasteiger partial charge is 0.489 e. The van der Waals surface area contributed by atoms with Crippen LogP contribution in [0.4, 0.5) is 10.1 Å². The molecule has 0 fully saturated rings. The minimum Gasteiger partial charge on any atom is -0.489 e. The highest BCUT2D eigenvalue weighted by Gasteiger charge is 2.13. The summed E-state index contributed by atoms with van der Waals surface area (Å²) in [5, 5.41) is 2.79. The fraction of sp³-hybridized carbons (Fsp3) is 0.278. The van der Waals surface area contributed by atoms with Crippen molar-refractivity contribution in [2.24, 2.45) is 5.73 Å². The fourth-order valence-corrected chi connectivity index (χ4v) is 2.56. The average Bonchev–Trinajstić information content (AvgIpc) is 2.58. The molecule has 0 spiro atoms. The van der Waals surface area contributed by atoms with E-state index >= 15 is 0 Å². The minimum absolute atomic E-state index is 0.216. The maximum Gasteiger partial charge on any atom is 0.241 e. The van der Waals surface area contributed by atoms with Crippen LogP contribution in [0.2, 0.25) is 0 Å². The first-order chi connectivity index (χ1) is 11.6. The van der Waals surface area contributed by atoms with E-state index in [1.807, 2.05) is 6.26 Å². The van der Waals surface area contributed by atoms with Gasteiger partial charge in [0.1, 0.15) is 18.2 Å². The second-order valence-electron chi connectivity index (χ2n) is 5.32. The number of ether oxygens (including phenoxy) is 1. The maximum atomic E-state index is 13.1. The standard InChI is InChI=1S/C18H21FN2O2S/c1-24-9-8-17(20)18(22)21-15-6-3-7-16(11-15)23-12-13-4-2-5-14(19)10-13/h2-7,10-11,17H,8-9,12,20H2,1H3,(H,21,22)/t17-/m0/s1. The molecule has 6 heteroatoms. The molecule has 128 valence electrons. The van der Waals surface area contributed by atoms with Crippen molar-refractivity contribution in [2.75, 3.05) is 17.3 Å². The molecule has 0 aliphatic heterocycles. The average molecular weight is 348 g/mol. The Kier molecular flexibility index (Phi) is 7.08. The van der Waals surface area contributed by atoms with Gasteiger partial charge in [-0.05, 0) is 48.3 Å². The molecule has 1 amide bonds. The van der Waals surface area contributed by atoms with Gasteiger partial charge in [-0.1, -0.05) is 18.2 Å². The van der Waals surface area contributed by atoms with Crippen molar-refractivity contribution < 1.29 is 13.9 Å². The normalized spacial score (nSPS) is 11.8. The number of rotatable bonds is 8. The summed E-state index contributed by atoms with van der Waals surface area (Å²) >= 11 is 1.65. The molecule has 1 atom stereocenters. The number of nitrogens with two attached hydrogens (primary N) is 1. The zero-order valence-electron chi connectivity index (χ0n) is 13.5. The second kappa shape index (κ2) is 9.30. The first-order valence-electron chi connectivity index (χ1n) is 7.61. The smallest absolute Gasteiger partial charge is 0.241 e. The van der Waals surface area contributed by atoms with Gasteiger partial charge in [0, 0.05) is 11.8 Å². The van der Waals surface area contributed by atoms with Gasteiger partial charge in [-0.3, -0.25) is 4.79 Å². The molecule has 0 saturated heterocycles. The molecule has 0 aliphatic rings. The van der Waals surface area contributed by atoms with Crippen LogP contribution in [-0.2, 0) is 11.4 Å². The number of carbonyl (C=O) groups excluding carboxylic acids is 1. The van der Waals surface area contributed by atoms with Crippen molar-refractivity contribution >= 4 is 23.4 Å². The number of benzene rings is 2. The minimum atomic E-state index is -0.533. The molecule has 3 N–H and O–H groups in total. The van der Waals surface area contributed by atoms with Gasteiger partial charge in [-0.2, -0.15) is 11.8 Å². The Morgan fingerprint density at radius 1 is 1.29 bits per heavy atom. The lowest BCUT2D eigenvalue weighted by Crippen LogP contribution is -2.36. The molecule has 2 aromatic carbocycles. The van der Waals surface area contributed by atoms with E-state index < -0.39 is 6.04 Å². The van der Waals surface area contributed by atoms with E-state index in [1.54, 1.807) is 48.2 Å². The van der Waals surface area contributed by atoms with Crippen LogP contribution in [0, 0.1) is 5.82 Å². The summed E-state index contributed by atoms with van der Waals surface area (Å²) in [6, 6.07) is 12.8. The number of nitrogens with one attached hydrogen (secondary N) is 1. The molecular formula is C18H21FN2O2S. The van der Waals surface area contributed by atoms with Gasteiger partial charge in [-0.25, -0.2) is 4.39 Å². The number of hydrogen-bond acceptors (Lipinski definition) is 4. The molecule has 24 heavy (non-hydrogen) atoms. The highest BCUT2D eigenvalue weighted by Crippen LogP contribution is 2.19.